The van der Waals surface area contributed by atoms with Crippen LogP contribution in [0.25, 0.3) is 0 Å². The van der Waals surface area contributed by atoms with Gasteiger partial charge in [-0.2, -0.15) is 0 Å². The summed E-state index contributed by atoms with van der Waals surface area (Å²) >= 11 is 0. The van der Waals surface area contributed by atoms with Gasteiger partial charge in [-0.1, -0.05) is 25.1 Å². The lowest BCUT2D eigenvalue weighted by Crippen LogP contribution is -2.32. The summed E-state index contributed by atoms with van der Waals surface area (Å²) in [6, 6.07) is 8.67. The molecule has 3 nitrogen and oxygen atoms in total. The first-order valence-electron chi connectivity index (χ1n) is 8.38. The molecule has 1 aliphatic heterocycles. The predicted octanol–water partition coefficient (Wildman–Crippen LogP) is 3.47. The third kappa shape index (κ3) is 5.01. The smallest absolute Gasteiger partial charge is 0.124 e. The lowest BCUT2D eigenvalue weighted by Gasteiger charge is -2.23. The number of para-hydroxylation sites is 1. The molecule has 0 saturated carbocycles. The van der Waals surface area contributed by atoms with Crippen LogP contribution in [0.1, 0.15) is 45.2 Å². The molecule has 0 aliphatic carbocycles. The molecule has 1 saturated heterocycles. The normalized spacial score (nSPS) is 18.6. The fourth-order valence-corrected chi connectivity index (χ4v) is 3.08. The van der Waals surface area contributed by atoms with E-state index in [4.69, 9.17) is 4.74 Å². The monoisotopic (exact) mass is 290 g/mol. The van der Waals surface area contributed by atoms with Gasteiger partial charge in [0.15, 0.2) is 0 Å². The largest absolute Gasteiger partial charge is 0.494 e. The highest BCUT2D eigenvalue weighted by Gasteiger charge is 2.16. The molecule has 0 aromatic heterocycles. The molecule has 1 fully saturated rings. The standard InChI is InChI=1S/C18H30N2O/c1-4-21-18-10-6-5-9-17(18)16(3)19-13-15(2)14-20-11-7-8-12-20/h5-6,9-10,15-16,19H,4,7-8,11-14H2,1-3H3. The Morgan fingerprint density at radius 3 is 2.62 bits per heavy atom. The Morgan fingerprint density at radius 2 is 1.90 bits per heavy atom. The third-order valence-electron chi connectivity index (χ3n) is 4.23. The van der Waals surface area contributed by atoms with E-state index < -0.39 is 0 Å². The molecule has 0 spiro atoms. The van der Waals surface area contributed by atoms with Crippen LogP contribution in [0.5, 0.6) is 5.75 Å². The van der Waals surface area contributed by atoms with Crippen molar-refractivity contribution >= 4 is 0 Å². The van der Waals surface area contributed by atoms with Gasteiger partial charge in [-0.05, 0) is 58.3 Å². The maximum absolute atomic E-state index is 5.72. The third-order valence-corrected chi connectivity index (χ3v) is 4.23. The van der Waals surface area contributed by atoms with Gasteiger partial charge in [0.25, 0.3) is 0 Å². The quantitative estimate of drug-likeness (QED) is 0.793. The Kier molecular flexibility index (Phi) is 6.52. The lowest BCUT2D eigenvalue weighted by atomic mass is 10.1. The topological polar surface area (TPSA) is 24.5 Å². The van der Waals surface area contributed by atoms with E-state index in [1.54, 1.807) is 0 Å². The number of likely N-dealkylation sites (tertiary alicyclic amines) is 1. The highest BCUT2D eigenvalue weighted by atomic mass is 16.5. The maximum Gasteiger partial charge on any atom is 0.124 e. The Morgan fingerprint density at radius 1 is 1.19 bits per heavy atom. The van der Waals surface area contributed by atoms with Crippen LogP contribution < -0.4 is 10.1 Å². The van der Waals surface area contributed by atoms with Gasteiger partial charge in [-0.25, -0.2) is 0 Å². The maximum atomic E-state index is 5.72. The van der Waals surface area contributed by atoms with Crippen LogP contribution in [-0.2, 0) is 0 Å². The van der Waals surface area contributed by atoms with Crippen molar-refractivity contribution in [3.8, 4) is 5.75 Å². The number of hydrogen-bond donors (Lipinski definition) is 1. The van der Waals surface area contributed by atoms with Crippen LogP contribution in [0.3, 0.4) is 0 Å². The van der Waals surface area contributed by atoms with Crippen molar-refractivity contribution in [2.24, 2.45) is 5.92 Å². The van der Waals surface area contributed by atoms with Gasteiger partial charge in [0, 0.05) is 18.2 Å². The van der Waals surface area contributed by atoms with E-state index in [0.717, 1.165) is 18.9 Å². The number of benzene rings is 1. The number of rotatable bonds is 8. The van der Waals surface area contributed by atoms with Crippen LogP contribution in [0, 0.1) is 5.92 Å². The van der Waals surface area contributed by atoms with Gasteiger partial charge < -0.3 is 15.0 Å². The van der Waals surface area contributed by atoms with Crippen molar-refractivity contribution in [1.29, 1.82) is 0 Å². The number of ether oxygens (including phenoxy) is 1. The lowest BCUT2D eigenvalue weighted by molar-refractivity contribution is 0.278. The minimum atomic E-state index is 0.328. The summed E-state index contributed by atoms with van der Waals surface area (Å²) in [5.74, 6) is 1.69. The second-order valence-corrected chi connectivity index (χ2v) is 6.21. The van der Waals surface area contributed by atoms with Crippen LogP contribution in [0.2, 0.25) is 0 Å². The minimum Gasteiger partial charge on any atom is -0.494 e. The molecule has 1 aromatic carbocycles. The van der Waals surface area contributed by atoms with Crippen molar-refractivity contribution in [3.05, 3.63) is 29.8 Å². The summed E-state index contributed by atoms with van der Waals surface area (Å²) in [5.41, 5.74) is 1.26. The van der Waals surface area contributed by atoms with Gasteiger partial charge in [-0.3, -0.25) is 0 Å². The average Bonchev–Trinajstić information content (AvgIpc) is 2.98. The highest BCUT2D eigenvalue weighted by molar-refractivity contribution is 5.35. The summed E-state index contributed by atoms with van der Waals surface area (Å²) in [4.78, 5) is 2.59. The number of hydrogen-bond acceptors (Lipinski definition) is 3. The molecule has 118 valence electrons. The van der Waals surface area contributed by atoms with Crippen LogP contribution in [-0.4, -0.2) is 37.7 Å². The Labute approximate surface area is 129 Å². The van der Waals surface area contributed by atoms with E-state index in [9.17, 15) is 0 Å². The molecule has 0 bridgehead atoms. The van der Waals surface area contributed by atoms with E-state index >= 15 is 0 Å². The first-order chi connectivity index (χ1) is 10.2. The number of nitrogens with one attached hydrogen (secondary N) is 1. The van der Waals surface area contributed by atoms with Crippen molar-refractivity contribution in [2.45, 2.75) is 39.7 Å². The highest BCUT2D eigenvalue weighted by Crippen LogP contribution is 2.24. The van der Waals surface area contributed by atoms with Crippen molar-refractivity contribution in [2.75, 3.05) is 32.8 Å². The first kappa shape index (κ1) is 16.3. The first-order valence-corrected chi connectivity index (χ1v) is 8.38. The molecule has 3 heteroatoms. The molecule has 2 rings (SSSR count). The Bertz CT molecular complexity index is 415. The van der Waals surface area contributed by atoms with Crippen LogP contribution in [0.4, 0.5) is 0 Å². The van der Waals surface area contributed by atoms with Crippen LogP contribution >= 0.6 is 0 Å². The summed E-state index contributed by atoms with van der Waals surface area (Å²) in [5, 5.41) is 3.66. The molecule has 0 amide bonds. The average molecular weight is 290 g/mol. The zero-order chi connectivity index (χ0) is 15.1. The SMILES string of the molecule is CCOc1ccccc1C(C)NCC(C)CN1CCCC1. The molecule has 2 atom stereocenters. The zero-order valence-electron chi connectivity index (χ0n) is 13.8. The molecular formula is C18H30N2O. The van der Waals surface area contributed by atoms with E-state index in [0.29, 0.717) is 12.0 Å². The molecule has 1 aromatic rings. The van der Waals surface area contributed by atoms with E-state index in [1.807, 2.05) is 13.0 Å². The molecule has 2 unspecified atom stereocenters. The van der Waals surface area contributed by atoms with Crippen LogP contribution in [0.15, 0.2) is 24.3 Å². The second-order valence-electron chi connectivity index (χ2n) is 6.21. The summed E-state index contributed by atoms with van der Waals surface area (Å²) in [7, 11) is 0. The van der Waals surface area contributed by atoms with Gasteiger partial charge in [-0.15, -0.1) is 0 Å². The minimum absolute atomic E-state index is 0.328. The predicted molar refractivity (Wildman–Crippen MR) is 88.9 cm³/mol. The molecule has 1 heterocycles. The van der Waals surface area contributed by atoms with Crippen molar-refractivity contribution in [1.82, 2.24) is 10.2 Å². The fraction of sp³-hybridized carbons (Fsp3) is 0.667. The molecule has 0 radical (unpaired) electrons. The van der Waals surface area contributed by atoms with Gasteiger partial charge in [0.1, 0.15) is 5.75 Å². The fourth-order valence-electron chi connectivity index (χ4n) is 3.08. The van der Waals surface area contributed by atoms with E-state index in [1.165, 1.54) is 38.0 Å². The summed E-state index contributed by atoms with van der Waals surface area (Å²) in [6.45, 7) is 12.2. The Balaban J connectivity index is 1.81. The molecule has 21 heavy (non-hydrogen) atoms. The van der Waals surface area contributed by atoms with Crippen molar-refractivity contribution in [3.63, 3.8) is 0 Å². The Hall–Kier alpha value is -1.06. The molecular weight excluding hydrogens is 260 g/mol. The van der Waals surface area contributed by atoms with Crippen molar-refractivity contribution < 1.29 is 4.74 Å². The summed E-state index contributed by atoms with van der Waals surface area (Å²) in [6.07, 6.45) is 2.75. The zero-order valence-corrected chi connectivity index (χ0v) is 13.8. The molecule has 1 N–H and O–H groups in total. The van der Waals surface area contributed by atoms with E-state index in [2.05, 4.69) is 42.3 Å². The van der Waals surface area contributed by atoms with Gasteiger partial charge in [0.2, 0.25) is 0 Å². The van der Waals surface area contributed by atoms with Gasteiger partial charge >= 0.3 is 0 Å². The molecule has 1 aliphatic rings. The summed E-state index contributed by atoms with van der Waals surface area (Å²) < 4.78 is 5.72. The van der Waals surface area contributed by atoms with Gasteiger partial charge in [0.05, 0.1) is 6.61 Å². The second kappa shape index (κ2) is 8.40. The van der Waals surface area contributed by atoms with E-state index in [-0.39, 0.29) is 0 Å². The number of nitrogens with zero attached hydrogens (tertiary/aromatic N) is 1.